The number of fused-ring (bicyclic) bond motifs is 2. The summed E-state index contributed by atoms with van der Waals surface area (Å²) in [4.78, 5) is 29.6. The van der Waals surface area contributed by atoms with Crippen molar-refractivity contribution < 1.29 is 28.6 Å². The first-order chi connectivity index (χ1) is 15.6. The van der Waals surface area contributed by atoms with Crippen molar-refractivity contribution >= 4 is 45.9 Å². The van der Waals surface area contributed by atoms with Crippen LogP contribution in [0.25, 0.3) is 43.7 Å². The second-order valence-corrected chi connectivity index (χ2v) is 6.65. The van der Waals surface area contributed by atoms with E-state index in [2.05, 4.69) is 9.58 Å². The molecule has 0 aromatic heterocycles. The summed E-state index contributed by atoms with van der Waals surface area (Å²) in [6, 6.07) is 21.7. The zero-order valence-corrected chi connectivity index (χ0v) is 16.5. The first-order valence-corrected chi connectivity index (χ1v) is 9.44. The lowest BCUT2D eigenvalue weighted by atomic mass is 9.92. The van der Waals surface area contributed by atoms with E-state index < -0.39 is 11.9 Å². The van der Waals surface area contributed by atoms with Gasteiger partial charge in [-0.1, -0.05) is 60.7 Å². The smallest absolute Gasteiger partial charge is 0.417 e. The molecular weight excluding hydrogens is 408 g/mol. The van der Waals surface area contributed by atoms with Crippen LogP contribution in [0.15, 0.2) is 72.8 Å². The maximum Gasteiger partial charge on any atom is 0.419 e. The van der Waals surface area contributed by atoms with Crippen LogP contribution in [0.5, 0.6) is 11.5 Å². The summed E-state index contributed by atoms with van der Waals surface area (Å²) in [7, 11) is 0. The number of ether oxygens (including phenoxy) is 2. The Morgan fingerprint density at radius 3 is 1.44 bits per heavy atom. The van der Waals surface area contributed by atoms with Gasteiger partial charge in [-0.2, -0.15) is 9.58 Å². The van der Waals surface area contributed by atoms with Crippen molar-refractivity contribution in [3.8, 4) is 22.6 Å². The monoisotopic (exact) mass is 422 g/mol. The van der Waals surface area contributed by atoms with Crippen LogP contribution in [0.3, 0.4) is 0 Å². The van der Waals surface area contributed by atoms with Gasteiger partial charge in [0.25, 0.3) is 0 Å². The number of hydrogen-bond acceptors (Lipinski definition) is 4. The lowest BCUT2D eigenvalue weighted by Gasteiger charge is -2.17. The molecule has 0 spiro atoms. The summed E-state index contributed by atoms with van der Waals surface area (Å²) < 4.78 is 10.9. The van der Waals surface area contributed by atoms with Crippen LogP contribution in [0.4, 0.5) is 0 Å². The second-order valence-electron chi connectivity index (χ2n) is 6.65. The molecule has 32 heavy (non-hydrogen) atoms. The van der Waals surface area contributed by atoms with E-state index in [0.717, 1.165) is 21.5 Å². The van der Waals surface area contributed by atoms with Gasteiger partial charge in [-0.25, -0.2) is 9.59 Å². The Morgan fingerprint density at radius 1 is 0.625 bits per heavy atom. The van der Waals surface area contributed by atoms with Crippen LogP contribution in [0, 0.1) is 0 Å². The number of hydrogen-bond donors (Lipinski definition) is 0. The Hall–Kier alpha value is -4.90. The van der Waals surface area contributed by atoms with E-state index in [1.54, 1.807) is 24.3 Å². The van der Waals surface area contributed by atoms with Crippen LogP contribution < -0.4 is 9.47 Å². The van der Waals surface area contributed by atoms with Crippen LogP contribution in [-0.2, 0) is 9.59 Å². The molecule has 0 heterocycles. The average molecular weight is 422 g/mol. The predicted molar refractivity (Wildman–Crippen MR) is 118 cm³/mol. The molecule has 4 rings (SSSR count). The quantitative estimate of drug-likeness (QED) is 0.158. The fraction of sp³-hybridized carbons (Fsp3) is 0. The van der Waals surface area contributed by atoms with Gasteiger partial charge in [0, 0.05) is 11.1 Å². The van der Waals surface area contributed by atoms with Crippen molar-refractivity contribution in [1.29, 1.82) is 0 Å². The Labute approximate surface area is 181 Å². The third kappa shape index (κ3) is 3.91. The summed E-state index contributed by atoms with van der Waals surface area (Å²) in [5, 5.41) is 3.20. The zero-order chi connectivity index (χ0) is 22.5. The van der Waals surface area contributed by atoms with Gasteiger partial charge in [-0.15, -0.1) is 0 Å². The third-order valence-electron chi connectivity index (χ3n) is 4.78. The topological polar surface area (TPSA) is 125 Å². The van der Waals surface area contributed by atoms with Crippen molar-refractivity contribution in [2.45, 2.75) is 0 Å². The molecule has 0 radical (unpaired) electrons. The van der Waals surface area contributed by atoms with Crippen LogP contribution in [-0.4, -0.2) is 33.9 Å². The summed E-state index contributed by atoms with van der Waals surface area (Å²) in [6.07, 6.45) is 1.28. The lowest BCUT2D eigenvalue weighted by molar-refractivity contribution is -0.131. The Balaban J connectivity index is 2.09. The molecule has 0 N–H and O–H groups in total. The molecule has 0 aliphatic rings. The minimum Gasteiger partial charge on any atom is -0.417 e. The summed E-state index contributed by atoms with van der Waals surface area (Å²) in [6.45, 7) is 0. The highest BCUT2D eigenvalue weighted by Crippen LogP contribution is 2.45. The Kier molecular flexibility index (Phi) is 5.64. The minimum absolute atomic E-state index is 0.179. The molecule has 0 unspecified atom stereocenters. The molecule has 8 heteroatoms. The number of carbonyl (C=O) groups excluding carboxylic acids is 2. The van der Waals surface area contributed by atoms with Crippen LogP contribution in [0.2, 0.25) is 0 Å². The highest BCUT2D eigenvalue weighted by atomic mass is 16.5. The van der Waals surface area contributed by atoms with E-state index in [4.69, 9.17) is 20.5 Å². The van der Waals surface area contributed by atoms with Gasteiger partial charge in [0.1, 0.15) is 11.5 Å². The van der Waals surface area contributed by atoms with Gasteiger partial charge in [0.05, 0.1) is 0 Å². The number of rotatable bonds is 5. The van der Waals surface area contributed by atoms with Crippen molar-refractivity contribution in [3.63, 3.8) is 0 Å². The summed E-state index contributed by atoms with van der Waals surface area (Å²) in [5.74, 6) is -1.40. The summed E-state index contributed by atoms with van der Waals surface area (Å²) in [5.41, 5.74) is 18.4. The molecule has 0 fully saturated rings. The molecular formula is C24H14N4O4. The molecule has 0 aliphatic heterocycles. The molecule has 0 atom stereocenters. The van der Waals surface area contributed by atoms with Crippen LogP contribution >= 0.6 is 0 Å². The maximum atomic E-state index is 12.1. The third-order valence-corrected chi connectivity index (χ3v) is 4.78. The molecule has 0 saturated carbocycles. The van der Waals surface area contributed by atoms with E-state index >= 15 is 0 Å². The standard InChI is InChI=1S/C24H14N4O4/c25-27-13-21(29)31-19-11-9-15-5-1-3-7-17(15)23(19)24-18-8-4-2-6-16(18)10-12-20(24)32-22(30)14-28-26/h1-14H. The number of carbonyl (C=O) groups is 2. The molecule has 154 valence electrons. The molecule has 0 aliphatic carbocycles. The highest BCUT2D eigenvalue weighted by molar-refractivity contribution is 6.23. The van der Waals surface area contributed by atoms with Gasteiger partial charge in [0.15, 0.2) is 0 Å². The van der Waals surface area contributed by atoms with Crippen molar-refractivity contribution in [3.05, 3.63) is 83.9 Å². The van der Waals surface area contributed by atoms with Gasteiger partial charge in [-0.3, -0.25) is 0 Å². The van der Waals surface area contributed by atoms with E-state index in [0.29, 0.717) is 23.6 Å². The molecule has 4 aromatic rings. The van der Waals surface area contributed by atoms with E-state index in [9.17, 15) is 9.59 Å². The van der Waals surface area contributed by atoms with Gasteiger partial charge < -0.3 is 20.5 Å². The zero-order valence-electron chi connectivity index (χ0n) is 16.5. The average Bonchev–Trinajstić information content (AvgIpc) is 2.79. The molecule has 0 bridgehead atoms. The number of benzene rings is 4. The number of esters is 2. The predicted octanol–water partition coefficient (Wildman–Crippen LogP) is 4.07. The van der Waals surface area contributed by atoms with Crippen LogP contribution in [0.1, 0.15) is 0 Å². The Morgan fingerprint density at radius 2 is 1.03 bits per heavy atom. The highest BCUT2D eigenvalue weighted by Gasteiger charge is 2.22. The summed E-state index contributed by atoms with van der Waals surface area (Å²) >= 11 is 0. The lowest BCUT2D eigenvalue weighted by Crippen LogP contribution is -2.12. The van der Waals surface area contributed by atoms with Crippen molar-refractivity contribution in [2.75, 3.05) is 0 Å². The van der Waals surface area contributed by atoms with E-state index in [-0.39, 0.29) is 11.5 Å². The van der Waals surface area contributed by atoms with Gasteiger partial charge >= 0.3 is 24.4 Å². The first-order valence-electron chi connectivity index (χ1n) is 9.44. The van der Waals surface area contributed by atoms with Gasteiger partial charge in [-0.05, 0) is 33.7 Å². The van der Waals surface area contributed by atoms with Gasteiger partial charge in [0.2, 0.25) is 0 Å². The molecule has 8 nitrogen and oxygen atoms in total. The first kappa shape index (κ1) is 20.4. The minimum atomic E-state index is -0.879. The normalized spacial score (nSPS) is 10.1. The van der Waals surface area contributed by atoms with E-state index in [1.807, 2.05) is 48.5 Å². The van der Waals surface area contributed by atoms with Crippen molar-refractivity contribution in [2.24, 2.45) is 0 Å². The van der Waals surface area contributed by atoms with E-state index in [1.165, 1.54) is 0 Å². The maximum absolute atomic E-state index is 12.1. The largest absolute Gasteiger partial charge is 0.419 e. The Bertz CT molecular complexity index is 1370. The SMILES string of the molecule is [N-]=[N+]=CC(=O)Oc1ccc2ccccc2c1-c1c(OC(=O)C=[N+]=[N-])ccc2ccccc12. The van der Waals surface area contributed by atoms with Crippen molar-refractivity contribution in [1.82, 2.24) is 0 Å². The molecule has 0 amide bonds. The second kappa shape index (κ2) is 8.85. The molecule has 0 saturated heterocycles. The molecule has 4 aromatic carbocycles. The fourth-order valence-corrected chi connectivity index (χ4v) is 3.55. The number of nitrogens with zero attached hydrogens (tertiary/aromatic N) is 4. The fourth-order valence-electron chi connectivity index (χ4n) is 3.55.